The van der Waals surface area contributed by atoms with E-state index >= 15 is 0 Å². The summed E-state index contributed by atoms with van der Waals surface area (Å²) in [6.45, 7) is 1.13. The van der Waals surface area contributed by atoms with Gasteiger partial charge in [-0.1, -0.05) is 25.6 Å². The second-order valence-corrected chi connectivity index (χ2v) is 2.75. The van der Waals surface area contributed by atoms with Gasteiger partial charge in [-0.3, -0.25) is 4.31 Å². The number of thiol groups is 2. The van der Waals surface area contributed by atoms with E-state index in [1.807, 2.05) is 0 Å². The number of nitrogens with two attached hydrogens (primary N) is 1. The lowest BCUT2D eigenvalue weighted by molar-refractivity contribution is 0.385. The molecule has 4 nitrogen and oxygen atoms in total. The van der Waals surface area contributed by atoms with Crippen LogP contribution >= 0.6 is 25.6 Å². The maximum absolute atomic E-state index is 5.38. The highest BCUT2D eigenvalue weighted by Crippen LogP contribution is 2.05. The van der Waals surface area contributed by atoms with Crippen LogP contribution in [-0.4, -0.2) is 27.9 Å². The predicted octanol–water partition coefficient (Wildman–Crippen LogP) is -0.477. The molecule has 0 aromatic rings. The second kappa shape index (κ2) is 2.68. The topological polar surface area (TPSA) is 44.9 Å². The normalized spacial score (nSPS) is 22.0. The quantitative estimate of drug-likeness (QED) is 0.424. The number of nitrogens with zero attached hydrogens (tertiary/aromatic N) is 3. The first-order chi connectivity index (χ1) is 4.20. The van der Waals surface area contributed by atoms with Gasteiger partial charge in [0.05, 0.1) is 6.67 Å². The minimum absolute atomic E-state index is 0.448. The van der Waals surface area contributed by atoms with Gasteiger partial charge >= 0.3 is 0 Å². The first kappa shape index (κ1) is 7.04. The van der Waals surface area contributed by atoms with E-state index in [4.69, 9.17) is 5.73 Å². The fraction of sp³-hybridized carbons (Fsp3) is 0.667. The van der Waals surface area contributed by atoms with Crippen molar-refractivity contribution in [1.29, 1.82) is 0 Å². The molecule has 0 fully saturated rings. The Hall–Kier alpha value is -0.0700. The number of hydrogen-bond donors (Lipinski definition) is 3. The van der Waals surface area contributed by atoms with Gasteiger partial charge in [-0.25, -0.2) is 9.30 Å². The first-order valence-corrected chi connectivity index (χ1v) is 3.20. The lowest BCUT2D eigenvalue weighted by Crippen LogP contribution is -2.41. The van der Waals surface area contributed by atoms with E-state index in [1.54, 1.807) is 4.31 Å². The smallest absolute Gasteiger partial charge is 0.203 e. The van der Waals surface area contributed by atoms with Crippen LogP contribution in [0.5, 0.6) is 0 Å². The summed E-state index contributed by atoms with van der Waals surface area (Å²) >= 11 is 8.04. The summed E-state index contributed by atoms with van der Waals surface area (Å²) in [5.74, 6) is 0.448. The van der Waals surface area contributed by atoms with Crippen LogP contribution in [0.3, 0.4) is 0 Å². The fourth-order valence-corrected chi connectivity index (χ4v) is 1.01. The summed E-state index contributed by atoms with van der Waals surface area (Å²) in [4.78, 5) is 3.89. The summed E-state index contributed by atoms with van der Waals surface area (Å²) in [5.41, 5.74) is 5.38. The lowest BCUT2D eigenvalue weighted by Gasteiger charge is -2.26. The summed E-state index contributed by atoms with van der Waals surface area (Å²) in [6, 6.07) is 0. The van der Waals surface area contributed by atoms with E-state index in [2.05, 4.69) is 30.6 Å². The van der Waals surface area contributed by atoms with E-state index in [0.717, 1.165) is 0 Å². The zero-order chi connectivity index (χ0) is 6.85. The van der Waals surface area contributed by atoms with Gasteiger partial charge in [0, 0.05) is 0 Å². The Bertz CT molecular complexity index is 136. The second-order valence-electron chi connectivity index (χ2n) is 1.71. The standard InChI is InChI=1S/C3H8N4S2/c4-3-5-1-6(8)2-7(3)9/h8-9H,1-2H2,(H2,4,5). The molecule has 2 N–H and O–H groups in total. The van der Waals surface area contributed by atoms with Crippen molar-refractivity contribution < 1.29 is 0 Å². The number of guanidine groups is 1. The first-order valence-electron chi connectivity index (χ1n) is 2.40. The molecule has 0 aromatic heterocycles. The molecular formula is C3H8N4S2. The van der Waals surface area contributed by atoms with Crippen molar-refractivity contribution in [3.8, 4) is 0 Å². The van der Waals surface area contributed by atoms with Gasteiger partial charge in [0.2, 0.25) is 5.96 Å². The SMILES string of the molecule is NC1=NCN(S)CN1S. The van der Waals surface area contributed by atoms with Crippen LogP contribution < -0.4 is 5.73 Å². The predicted molar refractivity (Wildman–Crippen MR) is 43.0 cm³/mol. The van der Waals surface area contributed by atoms with Crippen LogP contribution in [0, 0.1) is 0 Å². The zero-order valence-corrected chi connectivity index (χ0v) is 6.52. The van der Waals surface area contributed by atoms with Crippen LogP contribution in [0.4, 0.5) is 0 Å². The van der Waals surface area contributed by atoms with Crippen molar-refractivity contribution in [3.05, 3.63) is 0 Å². The number of aliphatic imine (C=N–C) groups is 1. The number of hydrogen-bond acceptors (Lipinski definition) is 6. The Balaban J connectivity index is 2.56. The summed E-state index contributed by atoms with van der Waals surface area (Å²) in [5, 5.41) is 0. The van der Waals surface area contributed by atoms with Crippen LogP contribution in [0.25, 0.3) is 0 Å². The molecule has 9 heavy (non-hydrogen) atoms. The molecule has 1 heterocycles. The Kier molecular flexibility index (Phi) is 2.09. The third kappa shape index (κ3) is 1.67. The van der Waals surface area contributed by atoms with Gasteiger partial charge < -0.3 is 5.73 Å². The third-order valence-electron chi connectivity index (χ3n) is 0.958. The molecule has 1 rings (SSSR count). The summed E-state index contributed by atoms with van der Waals surface area (Å²) in [7, 11) is 0. The molecule has 0 aliphatic carbocycles. The molecule has 0 atom stereocenters. The van der Waals surface area contributed by atoms with E-state index in [1.165, 1.54) is 4.31 Å². The Labute approximate surface area is 64.8 Å². The van der Waals surface area contributed by atoms with Crippen LogP contribution in [0.1, 0.15) is 0 Å². The van der Waals surface area contributed by atoms with Gasteiger partial charge in [0.25, 0.3) is 0 Å². The van der Waals surface area contributed by atoms with Crippen molar-refractivity contribution in [2.24, 2.45) is 10.7 Å². The van der Waals surface area contributed by atoms with Gasteiger partial charge in [-0.2, -0.15) is 0 Å². The molecule has 0 aromatic carbocycles. The highest BCUT2D eigenvalue weighted by atomic mass is 32.1. The molecular weight excluding hydrogens is 156 g/mol. The largest absolute Gasteiger partial charge is 0.369 e. The van der Waals surface area contributed by atoms with Gasteiger partial charge in [-0.05, 0) is 0 Å². The van der Waals surface area contributed by atoms with E-state index in [-0.39, 0.29) is 0 Å². The van der Waals surface area contributed by atoms with Gasteiger partial charge in [0.1, 0.15) is 6.67 Å². The van der Waals surface area contributed by atoms with Crippen molar-refractivity contribution in [2.75, 3.05) is 13.3 Å². The minimum Gasteiger partial charge on any atom is -0.369 e. The highest BCUT2D eigenvalue weighted by molar-refractivity contribution is 7.78. The van der Waals surface area contributed by atoms with E-state index in [0.29, 0.717) is 19.3 Å². The minimum atomic E-state index is 0.448. The molecule has 0 amide bonds. The maximum atomic E-state index is 5.38. The molecule has 6 heteroatoms. The molecule has 52 valence electrons. The Morgan fingerprint density at radius 3 is 2.67 bits per heavy atom. The third-order valence-corrected chi connectivity index (χ3v) is 1.54. The van der Waals surface area contributed by atoms with Crippen LogP contribution in [-0.2, 0) is 0 Å². The van der Waals surface area contributed by atoms with E-state index in [9.17, 15) is 0 Å². The maximum Gasteiger partial charge on any atom is 0.203 e. The molecule has 1 aliphatic rings. The molecule has 0 bridgehead atoms. The van der Waals surface area contributed by atoms with Gasteiger partial charge in [0.15, 0.2) is 0 Å². The summed E-state index contributed by atoms with van der Waals surface area (Å²) in [6.07, 6.45) is 0. The average Bonchev–Trinajstić information content (AvgIpc) is 1.80. The molecule has 0 saturated heterocycles. The van der Waals surface area contributed by atoms with Crippen molar-refractivity contribution in [2.45, 2.75) is 0 Å². The number of rotatable bonds is 0. The monoisotopic (exact) mass is 164 g/mol. The molecule has 0 unspecified atom stereocenters. The van der Waals surface area contributed by atoms with Crippen LogP contribution in [0.2, 0.25) is 0 Å². The Morgan fingerprint density at radius 1 is 1.56 bits per heavy atom. The molecule has 0 saturated carbocycles. The molecule has 1 aliphatic heterocycles. The average molecular weight is 164 g/mol. The van der Waals surface area contributed by atoms with Crippen molar-refractivity contribution in [3.63, 3.8) is 0 Å². The van der Waals surface area contributed by atoms with Crippen molar-refractivity contribution >= 4 is 31.6 Å². The summed E-state index contributed by atoms with van der Waals surface area (Å²) < 4.78 is 3.22. The lowest BCUT2D eigenvalue weighted by atomic mass is 10.8. The van der Waals surface area contributed by atoms with Crippen molar-refractivity contribution in [1.82, 2.24) is 8.61 Å². The highest BCUT2D eigenvalue weighted by Gasteiger charge is 2.11. The van der Waals surface area contributed by atoms with Crippen LogP contribution in [0.15, 0.2) is 4.99 Å². The molecule has 0 radical (unpaired) electrons. The zero-order valence-electron chi connectivity index (χ0n) is 4.73. The Morgan fingerprint density at radius 2 is 2.22 bits per heavy atom. The van der Waals surface area contributed by atoms with Gasteiger partial charge in [-0.15, -0.1) is 0 Å². The fourth-order valence-electron chi connectivity index (χ4n) is 0.507. The van der Waals surface area contributed by atoms with E-state index < -0.39 is 0 Å². The molecule has 0 spiro atoms.